The standard InChI is InChI=1S/C13H10N4O4/c18-13-7-21-11-3-1-8(5-10(11)16-13)15-12-4-2-9(6-14-12)17(19)20/h1-6H,7H2,(H,14,15)(H,16,18). The molecular formula is C13H10N4O4. The van der Waals surface area contributed by atoms with Crippen LogP contribution in [0.2, 0.25) is 0 Å². The first kappa shape index (κ1) is 12.9. The molecule has 2 aromatic rings. The summed E-state index contributed by atoms with van der Waals surface area (Å²) in [6.07, 6.45) is 1.17. The number of hydrogen-bond acceptors (Lipinski definition) is 6. The monoisotopic (exact) mass is 286 g/mol. The summed E-state index contributed by atoms with van der Waals surface area (Å²) >= 11 is 0. The van der Waals surface area contributed by atoms with E-state index in [0.717, 1.165) is 0 Å². The van der Waals surface area contributed by atoms with Crippen LogP contribution in [0.4, 0.5) is 22.9 Å². The molecule has 0 aliphatic carbocycles. The zero-order valence-electron chi connectivity index (χ0n) is 10.7. The van der Waals surface area contributed by atoms with Gasteiger partial charge in [0.05, 0.1) is 10.6 Å². The number of benzene rings is 1. The predicted octanol–water partition coefficient (Wildman–Crippen LogP) is 2.06. The number of nitrogens with zero attached hydrogens (tertiary/aromatic N) is 2. The lowest BCUT2D eigenvalue weighted by Gasteiger charge is -2.18. The summed E-state index contributed by atoms with van der Waals surface area (Å²) in [6, 6.07) is 8.06. The fourth-order valence-electron chi connectivity index (χ4n) is 1.88. The highest BCUT2D eigenvalue weighted by Crippen LogP contribution is 2.31. The summed E-state index contributed by atoms with van der Waals surface area (Å²) in [5.74, 6) is 0.841. The number of amides is 1. The molecule has 0 saturated heterocycles. The van der Waals surface area contributed by atoms with Crippen LogP contribution in [0.1, 0.15) is 0 Å². The van der Waals surface area contributed by atoms with Crippen molar-refractivity contribution in [1.29, 1.82) is 0 Å². The van der Waals surface area contributed by atoms with Crippen molar-refractivity contribution >= 4 is 28.8 Å². The quantitative estimate of drug-likeness (QED) is 0.660. The van der Waals surface area contributed by atoms with E-state index in [4.69, 9.17) is 4.74 Å². The van der Waals surface area contributed by atoms with Crippen LogP contribution in [0.25, 0.3) is 0 Å². The minimum absolute atomic E-state index is 0.00365. The number of rotatable bonds is 3. The van der Waals surface area contributed by atoms with E-state index in [1.165, 1.54) is 18.3 Å². The van der Waals surface area contributed by atoms with Crippen molar-refractivity contribution < 1.29 is 14.5 Å². The first-order valence-corrected chi connectivity index (χ1v) is 6.06. The second-order valence-electron chi connectivity index (χ2n) is 4.33. The van der Waals surface area contributed by atoms with Crippen molar-refractivity contribution in [1.82, 2.24) is 4.98 Å². The van der Waals surface area contributed by atoms with Crippen molar-refractivity contribution in [2.45, 2.75) is 0 Å². The number of nitro groups is 1. The number of aromatic nitrogens is 1. The lowest BCUT2D eigenvalue weighted by atomic mass is 10.2. The van der Waals surface area contributed by atoms with Crippen molar-refractivity contribution in [2.75, 3.05) is 17.2 Å². The molecule has 0 saturated carbocycles. The topological polar surface area (TPSA) is 106 Å². The third-order valence-corrected chi connectivity index (χ3v) is 2.84. The van der Waals surface area contributed by atoms with Crippen molar-refractivity contribution in [3.05, 3.63) is 46.6 Å². The van der Waals surface area contributed by atoms with Gasteiger partial charge in [-0.15, -0.1) is 0 Å². The van der Waals surface area contributed by atoms with Gasteiger partial charge < -0.3 is 15.4 Å². The Kier molecular flexibility index (Phi) is 3.11. The van der Waals surface area contributed by atoms with E-state index in [0.29, 0.717) is 22.9 Å². The van der Waals surface area contributed by atoms with Gasteiger partial charge in [0, 0.05) is 11.8 Å². The number of anilines is 3. The average molecular weight is 286 g/mol. The normalized spacial score (nSPS) is 12.9. The van der Waals surface area contributed by atoms with Gasteiger partial charge in [0.1, 0.15) is 17.8 Å². The van der Waals surface area contributed by atoms with E-state index < -0.39 is 4.92 Å². The maximum Gasteiger partial charge on any atom is 0.287 e. The van der Waals surface area contributed by atoms with Crippen LogP contribution >= 0.6 is 0 Å². The second-order valence-corrected chi connectivity index (χ2v) is 4.33. The highest BCUT2D eigenvalue weighted by atomic mass is 16.6. The SMILES string of the molecule is O=C1COc2ccc(Nc3ccc([N+](=O)[O-])cn3)cc2N1. The molecule has 2 N–H and O–H groups in total. The van der Waals surface area contributed by atoms with Gasteiger partial charge in [-0.2, -0.15) is 0 Å². The maximum absolute atomic E-state index is 11.3. The van der Waals surface area contributed by atoms with Gasteiger partial charge in [0.15, 0.2) is 6.61 Å². The Balaban J connectivity index is 1.80. The van der Waals surface area contributed by atoms with Crippen LogP contribution in [-0.2, 0) is 4.79 Å². The Labute approximate surface area is 118 Å². The molecule has 1 aromatic heterocycles. The minimum Gasteiger partial charge on any atom is -0.482 e. The number of nitrogens with one attached hydrogen (secondary N) is 2. The molecule has 0 atom stereocenters. The number of carbonyl (C=O) groups excluding carboxylic acids is 1. The Morgan fingerprint density at radius 2 is 2.19 bits per heavy atom. The van der Waals surface area contributed by atoms with E-state index in [2.05, 4.69) is 15.6 Å². The van der Waals surface area contributed by atoms with Crippen LogP contribution < -0.4 is 15.4 Å². The van der Waals surface area contributed by atoms with Gasteiger partial charge >= 0.3 is 0 Å². The van der Waals surface area contributed by atoms with Gasteiger partial charge in [-0.3, -0.25) is 14.9 Å². The third kappa shape index (κ3) is 2.73. The van der Waals surface area contributed by atoms with Gasteiger partial charge in [-0.1, -0.05) is 0 Å². The number of pyridine rings is 1. The Morgan fingerprint density at radius 3 is 2.90 bits per heavy atom. The molecule has 0 radical (unpaired) electrons. The predicted molar refractivity (Wildman–Crippen MR) is 74.7 cm³/mol. The number of fused-ring (bicyclic) bond motifs is 1. The van der Waals surface area contributed by atoms with E-state index >= 15 is 0 Å². The molecule has 2 heterocycles. The van der Waals surface area contributed by atoms with E-state index in [9.17, 15) is 14.9 Å². The molecular weight excluding hydrogens is 276 g/mol. The minimum atomic E-state index is -0.511. The molecule has 106 valence electrons. The Morgan fingerprint density at radius 1 is 1.33 bits per heavy atom. The highest BCUT2D eigenvalue weighted by Gasteiger charge is 2.16. The van der Waals surface area contributed by atoms with Gasteiger partial charge in [-0.25, -0.2) is 4.98 Å². The first-order valence-electron chi connectivity index (χ1n) is 6.06. The molecule has 8 heteroatoms. The first-order chi connectivity index (χ1) is 10.1. The fourth-order valence-corrected chi connectivity index (χ4v) is 1.88. The molecule has 0 bridgehead atoms. The molecule has 21 heavy (non-hydrogen) atoms. The average Bonchev–Trinajstić information content (AvgIpc) is 2.47. The van der Waals surface area contributed by atoms with Crippen LogP contribution in [0.15, 0.2) is 36.5 Å². The van der Waals surface area contributed by atoms with Crippen LogP contribution in [0, 0.1) is 10.1 Å². The van der Waals surface area contributed by atoms with Crippen molar-refractivity contribution in [2.24, 2.45) is 0 Å². The molecule has 0 fully saturated rings. The summed E-state index contributed by atoms with van der Waals surface area (Å²) < 4.78 is 5.25. The second kappa shape index (κ2) is 5.08. The highest BCUT2D eigenvalue weighted by molar-refractivity contribution is 5.96. The zero-order chi connectivity index (χ0) is 14.8. The van der Waals surface area contributed by atoms with E-state index in [1.807, 2.05) is 0 Å². The molecule has 8 nitrogen and oxygen atoms in total. The number of ether oxygens (including phenoxy) is 1. The molecule has 1 amide bonds. The van der Waals surface area contributed by atoms with E-state index in [1.54, 1.807) is 18.2 Å². The Bertz CT molecular complexity index is 715. The summed E-state index contributed by atoms with van der Waals surface area (Å²) in [6.45, 7) is 0.00365. The summed E-state index contributed by atoms with van der Waals surface area (Å²) in [5.41, 5.74) is 1.17. The van der Waals surface area contributed by atoms with Crippen molar-refractivity contribution in [3.63, 3.8) is 0 Å². The van der Waals surface area contributed by atoms with Crippen LogP contribution in [0.5, 0.6) is 5.75 Å². The molecule has 1 aliphatic rings. The lowest BCUT2D eigenvalue weighted by Crippen LogP contribution is -2.25. The molecule has 0 spiro atoms. The smallest absolute Gasteiger partial charge is 0.287 e. The van der Waals surface area contributed by atoms with Crippen LogP contribution in [-0.4, -0.2) is 22.4 Å². The van der Waals surface area contributed by atoms with Gasteiger partial charge in [0.25, 0.3) is 11.6 Å². The maximum atomic E-state index is 11.3. The summed E-state index contributed by atoms with van der Waals surface area (Å²) in [4.78, 5) is 25.3. The third-order valence-electron chi connectivity index (χ3n) is 2.84. The number of hydrogen-bond donors (Lipinski definition) is 2. The molecule has 0 unspecified atom stereocenters. The molecule has 3 rings (SSSR count). The largest absolute Gasteiger partial charge is 0.482 e. The molecule has 1 aromatic carbocycles. The summed E-state index contributed by atoms with van der Waals surface area (Å²) in [7, 11) is 0. The molecule has 1 aliphatic heterocycles. The van der Waals surface area contributed by atoms with Crippen LogP contribution in [0.3, 0.4) is 0 Å². The van der Waals surface area contributed by atoms with E-state index in [-0.39, 0.29) is 18.2 Å². The Hall–Kier alpha value is -3.16. The summed E-state index contributed by atoms with van der Waals surface area (Å²) in [5, 5.41) is 16.2. The van der Waals surface area contributed by atoms with Crippen molar-refractivity contribution in [3.8, 4) is 5.75 Å². The zero-order valence-corrected chi connectivity index (χ0v) is 10.7. The lowest BCUT2D eigenvalue weighted by molar-refractivity contribution is -0.385. The fraction of sp³-hybridized carbons (Fsp3) is 0.0769. The van der Waals surface area contributed by atoms with Gasteiger partial charge in [-0.05, 0) is 24.3 Å². The van der Waals surface area contributed by atoms with Gasteiger partial charge in [0.2, 0.25) is 0 Å². The number of carbonyl (C=O) groups is 1.